The molecule has 0 bridgehead atoms. The van der Waals surface area contributed by atoms with Gasteiger partial charge < -0.3 is 16.0 Å². The van der Waals surface area contributed by atoms with Crippen LogP contribution in [0.4, 0.5) is 0 Å². The van der Waals surface area contributed by atoms with Crippen molar-refractivity contribution in [3.63, 3.8) is 0 Å². The summed E-state index contributed by atoms with van der Waals surface area (Å²) in [5.41, 5.74) is 9.44. The summed E-state index contributed by atoms with van der Waals surface area (Å²) in [5, 5.41) is 2.83. The minimum atomic E-state index is -0.568. The fourth-order valence-electron chi connectivity index (χ4n) is 3.21. The Hall–Kier alpha value is -2.37. The van der Waals surface area contributed by atoms with E-state index in [0.717, 1.165) is 5.56 Å². The van der Waals surface area contributed by atoms with Crippen LogP contribution in [0.15, 0.2) is 54.6 Å². The molecule has 0 fully saturated rings. The third-order valence-corrected chi connectivity index (χ3v) is 4.70. The highest BCUT2D eigenvalue weighted by Crippen LogP contribution is 2.22. The molecule has 0 spiro atoms. The van der Waals surface area contributed by atoms with Gasteiger partial charge in [0, 0.05) is 26.1 Å². The zero-order chi connectivity index (χ0) is 18.4. The summed E-state index contributed by atoms with van der Waals surface area (Å²) < 4.78 is 0. The Labute approximate surface area is 166 Å². The molecule has 5 nitrogen and oxygen atoms in total. The van der Waals surface area contributed by atoms with Gasteiger partial charge >= 0.3 is 0 Å². The van der Waals surface area contributed by atoms with Crippen molar-refractivity contribution in [1.29, 1.82) is 0 Å². The molecule has 0 aromatic heterocycles. The Kier molecular flexibility index (Phi) is 7.82. The molecule has 27 heavy (non-hydrogen) atoms. The molecule has 2 aromatic carbocycles. The number of fused-ring (bicyclic) bond motifs is 1. The lowest BCUT2D eigenvalue weighted by molar-refractivity contribution is -0.132. The number of halogens is 1. The van der Waals surface area contributed by atoms with Crippen molar-refractivity contribution in [3.8, 4) is 0 Å². The van der Waals surface area contributed by atoms with Gasteiger partial charge in [-0.15, -0.1) is 12.4 Å². The summed E-state index contributed by atoms with van der Waals surface area (Å²) in [7, 11) is 0. The van der Waals surface area contributed by atoms with Crippen molar-refractivity contribution in [2.24, 2.45) is 5.73 Å². The average Bonchev–Trinajstić information content (AvgIpc) is 3.10. The zero-order valence-electron chi connectivity index (χ0n) is 15.3. The summed E-state index contributed by atoms with van der Waals surface area (Å²) in [6.07, 6.45) is 1.56. The van der Waals surface area contributed by atoms with E-state index in [-0.39, 0.29) is 24.2 Å². The minimum absolute atomic E-state index is 0. The zero-order valence-corrected chi connectivity index (χ0v) is 16.1. The van der Waals surface area contributed by atoms with Crippen molar-refractivity contribution >= 4 is 24.2 Å². The SMILES string of the molecule is Cl.N[C@@H](Cc1ccccc1)C(=O)NCCCC(=O)N1Cc2ccccc2C1. The van der Waals surface area contributed by atoms with Crippen LogP contribution >= 0.6 is 12.4 Å². The summed E-state index contributed by atoms with van der Waals surface area (Å²) in [5.74, 6) is -0.0427. The molecule has 0 aliphatic carbocycles. The predicted octanol–water partition coefficient (Wildman–Crippen LogP) is 2.42. The molecule has 0 unspecified atom stereocenters. The molecule has 0 saturated carbocycles. The number of rotatable bonds is 7. The molecule has 1 aliphatic heterocycles. The van der Waals surface area contributed by atoms with Crippen LogP contribution in [-0.4, -0.2) is 29.3 Å². The van der Waals surface area contributed by atoms with Gasteiger partial charge in [-0.25, -0.2) is 0 Å². The normalized spacial score (nSPS) is 13.4. The maximum atomic E-state index is 12.3. The highest BCUT2D eigenvalue weighted by atomic mass is 35.5. The van der Waals surface area contributed by atoms with Crippen LogP contribution in [-0.2, 0) is 29.1 Å². The lowest BCUT2D eigenvalue weighted by Crippen LogP contribution is -2.42. The van der Waals surface area contributed by atoms with Crippen molar-refractivity contribution < 1.29 is 9.59 Å². The molecule has 6 heteroatoms. The number of nitrogens with one attached hydrogen (secondary N) is 1. The first kappa shape index (κ1) is 20.9. The molecule has 1 atom stereocenters. The number of nitrogens with two attached hydrogens (primary N) is 1. The molecule has 1 aliphatic rings. The van der Waals surface area contributed by atoms with Crippen LogP contribution in [0.1, 0.15) is 29.5 Å². The van der Waals surface area contributed by atoms with E-state index in [0.29, 0.717) is 38.9 Å². The summed E-state index contributed by atoms with van der Waals surface area (Å²) >= 11 is 0. The minimum Gasteiger partial charge on any atom is -0.355 e. The largest absolute Gasteiger partial charge is 0.355 e. The van der Waals surface area contributed by atoms with E-state index < -0.39 is 6.04 Å². The van der Waals surface area contributed by atoms with E-state index in [2.05, 4.69) is 17.4 Å². The summed E-state index contributed by atoms with van der Waals surface area (Å²) in [6, 6.07) is 17.3. The smallest absolute Gasteiger partial charge is 0.237 e. The van der Waals surface area contributed by atoms with Crippen LogP contribution in [0.2, 0.25) is 0 Å². The Morgan fingerprint density at radius 3 is 2.22 bits per heavy atom. The molecule has 0 radical (unpaired) electrons. The summed E-state index contributed by atoms with van der Waals surface area (Å²) in [4.78, 5) is 26.3. The standard InChI is InChI=1S/C21H25N3O2.ClH/c22-19(13-16-7-2-1-3-8-16)21(26)23-12-6-11-20(25)24-14-17-9-4-5-10-18(17)15-24;/h1-5,7-10,19H,6,11-15,22H2,(H,23,26);1H/t19-;/m0./s1. The maximum Gasteiger partial charge on any atom is 0.237 e. The van der Waals surface area contributed by atoms with Crippen LogP contribution in [0.25, 0.3) is 0 Å². The third kappa shape index (κ3) is 5.81. The Morgan fingerprint density at radius 1 is 1.00 bits per heavy atom. The quantitative estimate of drug-likeness (QED) is 0.716. The molecular weight excluding hydrogens is 362 g/mol. The fraction of sp³-hybridized carbons (Fsp3) is 0.333. The first-order valence-corrected chi connectivity index (χ1v) is 9.05. The number of hydrogen-bond acceptors (Lipinski definition) is 3. The van der Waals surface area contributed by atoms with Gasteiger partial charge in [0.05, 0.1) is 6.04 Å². The lowest BCUT2D eigenvalue weighted by atomic mass is 10.1. The first-order chi connectivity index (χ1) is 12.6. The Bertz CT molecular complexity index is 742. The van der Waals surface area contributed by atoms with E-state index in [1.54, 1.807) is 0 Å². The molecule has 3 rings (SSSR count). The molecular formula is C21H26ClN3O2. The van der Waals surface area contributed by atoms with Crippen molar-refractivity contribution in [3.05, 3.63) is 71.3 Å². The molecule has 2 aromatic rings. The van der Waals surface area contributed by atoms with Gasteiger partial charge in [-0.2, -0.15) is 0 Å². The van der Waals surface area contributed by atoms with Crippen molar-refractivity contribution in [2.75, 3.05) is 6.54 Å². The highest BCUT2D eigenvalue weighted by molar-refractivity contribution is 5.85. The van der Waals surface area contributed by atoms with E-state index in [1.807, 2.05) is 47.4 Å². The Morgan fingerprint density at radius 2 is 1.59 bits per heavy atom. The lowest BCUT2D eigenvalue weighted by Gasteiger charge is -2.16. The Balaban J connectivity index is 0.00000261. The van der Waals surface area contributed by atoms with Gasteiger partial charge in [0.1, 0.15) is 0 Å². The predicted molar refractivity (Wildman–Crippen MR) is 108 cm³/mol. The van der Waals surface area contributed by atoms with E-state index in [1.165, 1.54) is 11.1 Å². The van der Waals surface area contributed by atoms with Crippen LogP contribution in [0.5, 0.6) is 0 Å². The number of amides is 2. The van der Waals surface area contributed by atoms with Gasteiger partial charge in [0.25, 0.3) is 0 Å². The third-order valence-electron chi connectivity index (χ3n) is 4.70. The van der Waals surface area contributed by atoms with Gasteiger partial charge in [-0.05, 0) is 29.5 Å². The summed E-state index contributed by atoms with van der Waals surface area (Å²) in [6.45, 7) is 1.83. The van der Waals surface area contributed by atoms with Gasteiger partial charge in [0.2, 0.25) is 11.8 Å². The van der Waals surface area contributed by atoms with Crippen LogP contribution in [0.3, 0.4) is 0 Å². The van der Waals surface area contributed by atoms with Crippen LogP contribution in [0, 0.1) is 0 Å². The number of hydrogen-bond donors (Lipinski definition) is 2. The van der Waals surface area contributed by atoms with Gasteiger partial charge in [-0.3, -0.25) is 9.59 Å². The van der Waals surface area contributed by atoms with Gasteiger partial charge in [-0.1, -0.05) is 54.6 Å². The molecule has 1 heterocycles. The average molecular weight is 388 g/mol. The topological polar surface area (TPSA) is 75.4 Å². The second-order valence-corrected chi connectivity index (χ2v) is 6.71. The van der Waals surface area contributed by atoms with Crippen molar-refractivity contribution in [1.82, 2.24) is 10.2 Å². The number of benzene rings is 2. The van der Waals surface area contributed by atoms with Gasteiger partial charge in [0.15, 0.2) is 0 Å². The monoisotopic (exact) mass is 387 g/mol. The molecule has 0 saturated heterocycles. The van der Waals surface area contributed by atoms with Crippen molar-refractivity contribution in [2.45, 2.75) is 38.4 Å². The maximum absolute atomic E-state index is 12.3. The molecule has 144 valence electrons. The molecule has 2 amide bonds. The highest BCUT2D eigenvalue weighted by Gasteiger charge is 2.22. The second kappa shape index (κ2) is 10.1. The van der Waals surface area contributed by atoms with E-state index >= 15 is 0 Å². The number of carbonyl (C=O) groups is 2. The van der Waals surface area contributed by atoms with E-state index in [4.69, 9.17) is 5.73 Å². The number of carbonyl (C=O) groups excluding carboxylic acids is 2. The molecule has 3 N–H and O–H groups in total. The van der Waals surface area contributed by atoms with E-state index in [9.17, 15) is 9.59 Å². The fourth-order valence-corrected chi connectivity index (χ4v) is 3.21. The number of nitrogens with zero attached hydrogens (tertiary/aromatic N) is 1. The first-order valence-electron chi connectivity index (χ1n) is 9.05. The second-order valence-electron chi connectivity index (χ2n) is 6.71. The van der Waals surface area contributed by atoms with Crippen LogP contribution < -0.4 is 11.1 Å².